The van der Waals surface area contributed by atoms with E-state index in [9.17, 15) is 9.59 Å². The Morgan fingerprint density at radius 3 is 2.42 bits per heavy atom. The van der Waals surface area contributed by atoms with Crippen LogP contribution in [0.3, 0.4) is 0 Å². The maximum absolute atomic E-state index is 11.4. The first-order valence-electron chi connectivity index (χ1n) is 5.78. The first-order chi connectivity index (χ1) is 8.90. The minimum Gasteiger partial charge on any atom is -0.483 e. The topological polar surface area (TPSA) is 75.6 Å². The number of carbonyl (C=O) groups excluding carboxylic acids is 1. The molecule has 1 aromatic carbocycles. The second-order valence-electron chi connectivity index (χ2n) is 4.15. The van der Waals surface area contributed by atoms with Crippen LogP contribution in [0.2, 0.25) is 0 Å². The van der Waals surface area contributed by atoms with Crippen LogP contribution < -0.4 is 10.1 Å². The van der Waals surface area contributed by atoms with Gasteiger partial charge >= 0.3 is 5.97 Å². The van der Waals surface area contributed by atoms with E-state index in [1.54, 1.807) is 0 Å². The molecule has 0 atom stereocenters. The van der Waals surface area contributed by atoms with Gasteiger partial charge in [-0.2, -0.15) is 0 Å². The summed E-state index contributed by atoms with van der Waals surface area (Å²) in [5.74, 6) is -0.597. The van der Waals surface area contributed by atoms with E-state index in [0.29, 0.717) is 5.75 Å². The van der Waals surface area contributed by atoms with Gasteiger partial charge in [-0.15, -0.1) is 0 Å². The highest BCUT2D eigenvalue weighted by Crippen LogP contribution is 2.27. The molecule has 19 heavy (non-hydrogen) atoms. The SMILES string of the molecule is Cc1cc(Br)cc(C)c1OCC(=O)NCCC(=O)O. The molecule has 0 saturated carbocycles. The third-order valence-corrected chi connectivity index (χ3v) is 2.89. The molecule has 0 bridgehead atoms. The maximum Gasteiger partial charge on any atom is 0.305 e. The van der Waals surface area contributed by atoms with E-state index in [4.69, 9.17) is 9.84 Å². The molecule has 0 aliphatic rings. The molecular weight excluding hydrogens is 314 g/mol. The highest BCUT2D eigenvalue weighted by atomic mass is 79.9. The van der Waals surface area contributed by atoms with Crippen LogP contribution in [0.4, 0.5) is 0 Å². The predicted octanol–water partition coefficient (Wildman–Crippen LogP) is 2.04. The first-order valence-corrected chi connectivity index (χ1v) is 6.57. The van der Waals surface area contributed by atoms with E-state index >= 15 is 0 Å². The van der Waals surface area contributed by atoms with Gasteiger partial charge in [0.1, 0.15) is 5.75 Å². The lowest BCUT2D eigenvalue weighted by atomic mass is 10.1. The highest BCUT2D eigenvalue weighted by Gasteiger charge is 2.08. The number of ether oxygens (including phenoxy) is 1. The molecule has 6 heteroatoms. The van der Waals surface area contributed by atoms with Gasteiger partial charge in [0, 0.05) is 11.0 Å². The van der Waals surface area contributed by atoms with Crippen LogP contribution in [0.25, 0.3) is 0 Å². The molecule has 0 heterocycles. The molecule has 0 aliphatic heterocycles. The van der Waals surface area contributed by atoms with Gasteiger partial charge in [0.05, 0.1) is 6.42 Å². The number of carboxylic acids is 1. The second-order valence-corrected chi connectivity index (χ2v) is 5.07. The molecule has 5 nitrogen and oxygen atoms in total. The Balaban J connectivity index is 2.48. The number of carbonyl (C=O) groups is 2. The monoisotopic (exact) mass is 329 g/mol. The second kappa shape index (κ2) is 7.13. The number of hydrogen-bond acceptors (Lipinski definition) is 3. The number of nitrogens with one attached hydrogen (secondary N) is 1. The van der Waals surface area contributed by atoms with Crippen molar-refractivity contribution in [2.24, 2.45) is 0 Å². The minimum absolute atomic E-state index is 0.0952. The lowest BCUT2D eigenvalue weighted by molar-refractivity contribution is -0.137. The molecule has 1 aromatic rings. The van der Waals surface area contributed by atoms with Gasteiger partial charge in [0.15, 0.2) is 6.61 Å². The smallest absolute Gasteiger partial charge is 0.305 e. The lowest BCUT2D eigenvalue weighted by Gasteiger charge is -2.12. The number of benzene rings is 1. The van der Waals surface area contributed by atoms with Gasteiger partial charge in [-0.3, -0.25) is 9.59 Å². The molecule has 0 unspecified atom stereocenters. The Labute approximate surface area is 120 Å². The van der Waals surface area contributed by atoms with Crippen LogP contribution in [-0.4, -0.2) is 30.1 Å². The van der Waals surface area contributed by atoms with Crippen LogP contribution >= 0.6 is 15.9 Å². The van der Waals surface area contributed by atoms with Crippen molar-refractivity contribution < 1.29 is 19.4 Å². The normalized spacial score (nSPS) is 10.1. The van der Waals surface area contributed by atoms with E-state index in [2.05, 4.69) is 21.2 Å². The standard InChI is InChI=1S/C13H16BrNO4/c1-8-5-10(14)6-9(2)13(8)19-7-11(16)15-4-3-12(17)18/h5-6H,3-4,7H2,1-2H3,(H,15,16)(H,17,18). The minimum atomic E-state index is -0.944. The van der Waals surface area contributed by atoms with Crippen LogP contribution in [0.15, 0.2) is 16.6 Å². The zero-order chi connectivity index (χ0) is 14.4. The van der Waals surface area contributed by atoms with Gasteiger partial charge in [-0.05, 0) is 37.1 Å². The Bertz CT molecular complexity index is 465. The Morgan fingerprint density at radius 1 is 1.32 bits per heavy atom. The summed E-state index contributed by atoms with van der Waals surface area (Å²) in [6.07, 6.45) is -0.0952. The molecule has 0 spiro atoms. The summed E-state index contributed by atoms with van der Waals surface area (Å²) in [7, 11) is 0. The number of hydrogen-bond donors (Lipinski definition) is 2. The molecule has 0 radical (unpaired) electrons. The summed E-state index contributed by atoms with van der Waals surface area (Å²) in [4.78, 5) is 21.7. The average Bonchev–Trinajstić information content (AvgIpc) is 2.26. The average molecular weight is 330 g/mol. The molecule has 1 amide bonds. The molecule has 104 valence electrons. The number of amides is 1. The van der Waals surface area contributed by atoms with Crippen molar-refractivity contribution in [3.63, 3.8) is 0 Å². The van der Waals surface area contributed by atoms with Crippen molar-refractivity contribution in [3.8, 4) is 5.75 Å². The number of aliphatic carboxylic acids is 1. The van der Waals surface area contributed by atoms with E-state index in [1.165, 1.54) is 0 Å². The Morgan fingerprint density at radius 2 is 1.89 bits per heavy atom. The number of halogens is 1. The van der Waals surface area contributed by atoms with Crippen molar-refractivity contribution in [3.05, 3.63) is 27.7 Å². The summed E-state index contributed by atoms with van der Waals surface area (Å²) in [6.45, 7) is 3.78. The van der Waals surface area contributed by atoms with Gasteiger partial charge in [-0.1, -0.05) is 15.9 Å². The predicted molar refractivity (Wildman–Crippen MR) is 74.4 cm³/mol. The number of carboxylic acid groups (broad SMARTS) is 1. The summed E-state index contributed by atoms with van der Waals surface area (Å²) < 4.78 is 6.42. The lowest BCUT2D eigenvalue weighted by Crippen LogP contribution is -2.30. The third kappa shape index (κ3) is 5.30. The van der Waals surface area contributed by atoms with Gasteiger partial charge in [-0.25, -0.2) is 0 Å². The maximum atomic E-state index is 11.4. The molecule has 1 rings (SSSR count). The summed E-state index contributed by atoms with van der Waals surface area (Å²) in [6, 6.07) is 3.81. The van der Waals surface area contributed by atoms with E-state index in [1.807, 2.05) is 26.0 Å². The fraction of sp³-hybridized carbons (Fsp3) is 0.385. The highest BCUT2D eigenvalue weighted by molar-refractivity contribution is 9.10. The van der Waals surface area contributed by atoms with Gasteiger partial charge in [0.25, 0.3) is 5.91 Å². The van der Waals surface area contributed by atoms with Crippen LogP contribution in [-0.2, 0) is 9.59 Å². The number of aryl methyl sites for hydroxylation is 2. The van der Waals surface area contributed by atoms with Crippen molar-refractivity contribution >= 4 is 27.8 Å². The molecule has 2 N–H and O–H groups in total. The van der Waals surface area contributed by atoms with Crippen molar-refractivity contribution in [2.75, 3.05) is 13.2 Å². The zero-order valence-corrected chi connectivity index (χ0v) is 12.4. The van der Waals surface area contributed by atoms with E-state index < -0.39 is 5.97 Å². The van der Waals surface area contributed by atoms with Crippen molar-refractivity contribution in [1.82, 2.24) is 5.32 Å². The van der Waals surface area contributed by atoms with Crippen LogP contribution in [0, 0.1) is 13.8 Å². The fourth-order valence-electron chi connectivity index (χ4n) is 1.62. The van der Waals surface area contributed by atoms with Crippen molar-refractivity contribution in [2.45, 2.75) is 20.3 Å². The van der Waals surface area contributed by atoms with Gasteiger partial charge in [0.2, 0.25) is 0 Å². The Hall–Kier alpha value is -1.56. The van der Waals surface area contributed by atoms with Crippen molar-refractivity contribution in [1.29, 1.82) is 0 Å². The molecule has 0 aromatic heterocycles. The summed E-state index contributed by atoms with van der Waals surface area (Å²) >= 11 is 3.38. The van der Waals surface area contributed by atoms with E-state index in [0.717, 1.165) is 15.6 Å². The fourth-order valence-corrected chi connectivity index (χ4v) is 2.31. The summed E-state index contributed by atoms with van der Waals surface area (Å²) in [5.41, 5.74) is 1.87. The van der Waals surface area contributed by atoms with Crippen LogP contribution in [0.5, 0.6) is 5.75 Å². The molecular formula is C13H16BrNO4. The number of rotatable bonds is 6. The molecule has 0 fully saturated rings. The quantitative estimate of drug-likeness (QED) is 0.837. The molecule has 0 saturated heterocycles. The van der Waals surface area contributed by atoms with E-state index in [-0.39, 0.29) is 25.5 Å². The Kier molecular flexibility index (Phi) is 5.82. The largest absolute Gasteiger partial charge is 0.483 e. The third-order valence-electron chi connectivity index (χ3n) is 2.43. The molecule has 0 aliphatic carbocycles. The van der Waals surface area contributed by atoms with Crippen LogP contribution in [0.1, 0.15) is 17.5 Å². The van der Waals surface area contributed by atoms with Gasteiger partial charge < -0.3 is 15.2 Å². The summed E-state index contributed by atoms with van der Waals surface area (Å²) in [5, 5.41) is 10.9. The zero-order valence-electron chi connectivity index (χ0n) is 10.8. The first kappa shape index (κ1) is 15.5.